The minimum Gasteiger partial charge on any atom is -0.357 e. The van der Waals surface area contributed by atoms with Crippen LogP contribution in [-0.4, -0.2) is 18.6 Å². The molecule has 0 bridgehead atoms. The van der Waals surface area contributed by atoms with Gasteiger partial charge in [0.2, 0.25) is 0 Å². The number of rotatable bonds is 3. The van der Waals surface area contributed by atoms with Gasteiger partial charge < -0.3 is 10.3 Å². The van der Waals surface area contributed by atoms with Gasteiger partial charge >= 0.3 is 0 Å². The van der Waals surface area contributed by atoms with Crippen molar-refractivity contribution in [1.82, 2.24) is 10.3 Å². The molecule has 2 rings (SSSR count). The van der Waals surface area contributed by atoms with Crippen LogP contribution in [0.15, 0.2) is 22.7 Å². The molecule has 1 aromatic carbocycles. The van der Waals surface area contributed by atoms with Crippen molar-refractivity contribution in [2.24, 2.45) is 0 Å². The zero-order valence-electron chi connectivity index (χ0n) is 9.02. The van der Waals surface area contributed by atoms with E-state index in [1.165, 1.54) is 26.6 Å². The number of fused-ring (bicyclic) bond motifs is 1. The Morgan fingerprint density at radius 1 is 1.40 bits per heavy atom. The Balaban J connectivity index is 2.44. The zero-order chi connectivity index (χ0) is 10.8. The molecule has 2 nitrogen and oxygen atoms in total. The highest BCUT2D eigenvalue weighted by atomic mass is 79.9. The van der Waals surface area contributed by atoms with Crippen LogP contribution >= 0.6 is 15.9 Å². The largest absolute Gasteiger partial charge is 0.357 e. The summed E-state index contributed by atoms with van der Waals surface area (Å²) < 4.78 is 1.20. The van der Waals surface area contributed by atoms with Crippen LogP contribution in [0.5, 0.6) is 0 Å². The summed E-state index contributed by atoms with van der Waals surface area (Å²) in [6.07, 6.45) is 1.02. The summed E-state index contributed by atoms with van der Waals surface area (Å²) in [5, 5.41) is 4.43. The van der Waals surface area contributed by atoms with Gasteiger partial charge in [-0.05, 0) is 41.5 Å². The Labute approximate surface area is 98.2 Å². The van der Waals surface area contributed by atoms with Crippen LogP contribution in [0.25, 0.3) is 10.9 Å². The van der Waals surface area contributed by atoms with Crippen molar-refractivity contribution >= 4 is 26.8 Å². The van der Waals surface area contributed by atoms with E-state index in [1.807, 2.05) is 7.05 Å². The molecule has 0 atom stereocenters. The van der Waals surface area contributed by atoms with Crippen LogP contribution in [0.1, 0.15) is 11.3 Å². The maximum Gasteiger partial charge on any atom is 0.0470 e. The van der Waals surface area contributed by atoms with Gasteiger partial charge in [-0.3, -0.25) is 0 Å². The zero-order valence-corrected chi connectivity index (χ0v) is 10.6. The lowest BCUT2D eigenvalue weighted by Crippen LogP contribution is -2.10. The monoisotopic (exact) mass is 266 g/mol. The summed E-state index contributed by atoms with van der Waals surface area (Å²) in [7, 11) is 1.97. The smallest absolute Gasteiger partial charge is 0.0470 e. The SMILES string of the molecule is CNCCc1[nH]c2cc(C)ccc2c1Br. The van der Waals surface area contributed by atoms with Crippen LogP contribution in [0.3, 0.4) is 0 Å². The fourth-order valence-electron chi connectivity index (χ4n) is 1.76. The highest BCUT2D eigenvalue weighted by Crippen LogP contribution is 2.28. The van der Waals surface area contributed by atoms with Crippen molar-refractivity contribution in [3.05, 3.63) is 33.9 Å². The summed E-state index contributed by atoms with van der Waals surface area (Å²) in [6, 6.07) is 6.49. The van der Waals surface area contributed by atoms with Crippen molar-refractivity contribution in [3.63, 3.8) is 0 Å². The summed E-state index contributed by atoms with van der Waals surface area (Å²) in [6.45, 7) is 3.10. The molecular formula is C12H15BrN2. The second-order valence-corrected chi connectivity index (χ2v) is 4.61. The van der Waals surface area contributed by atoms with E-state index in [0.29, 0.717) is 0 Å². The summed E-state index contributed by atoms with van der Waals surface area (Å²) in [5.41, 5.74) is 3.77. The van der Waals surface area contributed by atoms with Gasteiger partial charge in [-0.2, -0.15) is 0 Å². The molecular weight excluding hydrogens is 252 g/mol. The molecule has 0 aliphatic rings. The van der Waals surface area contributed by atoms with Crippen LogP contribution in [0.4, 0.5) is 0 Å². The summed E-state index contributed by atoms with van der Waals surface area (Å²) in [5.74, 6) is 0. The topological polar surface area (TPSA) is 27.8 Å². The molecule has 0 aliphatic carbocycles. The Kier molecular flexibility index (Phi) is 3.12. The van der Waals surface area contributed by atoms with E-state index in [-0.39, 0.29) is 0 Å². The Hall–Kier alpha value is -0.800. The fraction of sp³-hybridized carbons (Fsp3) is 0.333. The lowest BCUT2D eigenvalue weighted by Gasteiger charge is -1.97. The number of likely N-dealkylation sites (N-methyl/N-ethyl adjacent to an activating group) is 1. The number of hydrogen-bond donors (Lipinski definition) is 2. The molecule has 0 fully saturated rings. The second kappa shape index (κ2) is 4.37. The number of nitrogens with one attached hydrogen (secondary N) is 2. The van der Waals surface area contributed by atoms with Gasteiger partial charge in [-0.15, -0.1) is 0 Å². The normalized spacial score (nSPS) is 11.1. The van der Waals surface area contributed by atoms with Crippen molar-refractivity contribution in [3.8, 4) is 0 Å². The minimum absolute atomic E-state index is 0.990. The third-order valence-electron chi connectivity index (χ3n) is 2.59. The maximum absolute atomic E-state index is 3.65. The molecule has 0 amide bonds. The van der Waals surface area contributed by atoms with Crippen molar-refractivity contribution in [1.29, 1.82) is 0 Å². The van der Waals surface area contributed by atoms with Crippen molar-refractivity contribution < 1.29 is 0 Å². The molecule has 0 aliphatic heterocycles. The average Bonchev–Trinajstić information content (AvgIpc) is 2.52. The molecule has 2 N–H and O–H groups in total. The van der Waals surface area contributed by atoms with Gasteiger partial charge in [0.05, 0.1) is 0 Å². The van der Waals surface area contributed by atoms with Crippen LogP contribution in [0, 0.1) is 6.92 Å². The van der Waals surface area contributed by atoms with E-state index in [2.05, 4.69) is 51.4 Å². The van der Waals surface area contributed by atoms with Gasteiger partial charge in [0.1, 0.15) is 0 Å². The summed E-state index contributed by atoms with van der Waals surface area (Å²) >= 11 is 3.65. The predicted octanol–water partition coefficient (Wildman–Crippen LogP) is 3.00. The van der Waals surface area contributed by atoms with Gasteiger partial charge in [0.25, 0.3) is 0 Å². The molecule has 0 radical (unpaired) electrons. The molecule has 0 unspecified atom stereocenters. The number of hydrogen-bond acceptors (Lipinski definition) is 1. The molecule has 0 saturated carbocycles. The molecule has 3 heteroatoms. The van der Waals surface area contributed by atoms with E-state index in [1.54, 1.807) is 0 Å². The third-order valence-corrected chi connectivity index (χ3v) is 3.49. The third kappa shape index (κ3) is 2.08. The Bertz CT molecular complexity index is 474. The number of aryl methyl sites for hydroxylation is 1. The van der Waals surface area contributed by atoms with Gasteiger partial charge in [-0.1, -0.05) is 12.1 Å². The van der Waals surface area contributed by atoms with E-state index in [4.69, 9.17) is 0 Å². The van der Waals surface area contributed by atoms with E-state index in [0.717, 1.165) is 13.0 Å². The van der Waals surface area contributed by atoms with Crippen LogP contribution in [-0.2, 0) is 6.42 Å². The standard InChI is InChI=1S/C12H15BrN2/c1-8-3-4-9-11(7-8)15-10(12(9)13)5-6-14-2/h3-4,7,14-15H,5-6H2,1-2H3. The number of aromatic nitrogens is 1. The lowest BCUT2D eigenvalue weighted by atomic mass is 10.2. The first-order valence-corrected chi connectivity index (χ1v) is 5.93. The molecule has 0 spiro atoms. The van der Waals surface area contributed by atoms with E-state index in [9.17, 15) is 0 Å². The molecule has 1 aromatic heterocycles. The minimum atomic E-state index is 0.990. The van der Waals surface area contributed by atoms with Crippen LogP contribution in [0.2, 0.25) is 0 Å². The average molecular weight is 267 g/mol. The van der Waals surface area contributed by atoms with Crippen molar-refractivity contribution in [2.75, 3.05) is 13.6 Å². The lowest BCUT2D eigenvalue weighted by molar-refractivity contribution is 0.779. The van der Waals surface area contributed by atoms with Gasteiger partial charge in [-0.25, -0.2) is 0 Å². The number of H-pyrrole nitrogens is 1. The first-order chi connectivity index (χ1) is 7.22. The fourth-order valence-corrected chi connectivity index (χ4v) is 2.40. The van der Waals surface area contributed by atoms with E-state index >= 15 is 0 Å². The molecule has 2 aromatic rings. The molecule has 80 valence electrons. The number of halogens is 1. The quantitative estimate of drug-likeness (QED) is 0.879. The van der Waals surface area contributed by atoms with E-state index < -0.39 is 0 Å². The Morgan fingerprint density at radius 2 is 2.20 bits per heavy atom. The number of aromatic amines is 1. The number of benzene rings is 1. The molecule has 0 saturated heterocycles. The van der Waals surface area contributed by atoms with Crippen LogP contribution < -0.4 is 5.32 Å². The Morgan fingerprint density at radius 3 is 2.93 bits per heavy atom. The summed E-state index contributed by atoms with van der Waals surface area (Å²) in [4.78, 5) is 3.45. The first kappa shape index (κ1) is 10.7. The highest BCUT2D eigenvalue weighted by molar-refractivity contribution is 9.10. The maximum atomic E-state index is 3.65. The first-order valence-electron chi connectivity index (χ1n) is 5.13. The molecule has 1 heterocycles. The molecule has 15 heavy (non-hydrogen) atoms. The second-order valence-electron chi connectivity index (χ2n) is 3.82. The predicted molar refractivity (Wildman–Crippen MR) is 68.4 cm³/mol. The van der Waals surface area contributed by atoms with Crippen molar-refractivity contribution in [2.45, 2.75) is 13.3 Å². The van der Waals surface area contributed by atoms with Gasteiger partial charge in [0.15, 0.2) is 0 Å². The highest BCUT2D eigenvalue weighted by Gasteiger charge is 2.07. The van der Waals surface area contributed by atoms with Gasteiger partial charge in [0, 0.05) is 34.0 Å².